The number of aliphatic hydroxyl groups excluding tert-OH is 2. The minimum Gasteiger partial charge on any atom is -0.497 e. The molecule has 0 radical (unpaired) electrons. The van der Waals surface area contributed by atoms with Crippen LogP contribution in [0.5, 0.6) is 11.5 Å². The molecule has 2 heterocycles. The van der Waals surface area contributed by atoms with Crippen molar-refractivity contribution < 1.29 is 19.7 Å². The van der Waals surface area contributed by atoms with Gasteiger partial charge in [0.2, 0.25) is 0 Å². The highest BCUT2D eigenvalue weighted by atomic mass is 16.5. The number of aliphatic hydroxyl groups is 2. The molecule has 0 aliphatic carbocycles. The summed E-state index contributed by atoms with van der Waals surface area (Å²) < 4.78 is 11.7. The minimum atomic E-state index is -0.548. The van der Waals surface area contributed by atoms with Crippen molar-refractivity contribution in [1.29, 1.82) is 0 Å². The SMILES string of the molecule is COc1ccc2c(c1)[C@H](O)CC1(CCN(C[C@@H](O)c3ccc4ccccc4c3)CC1)O2. The Morgan fingerprint density at radius 2 is 1.84 bits per heavy atom. The molecule has 0 bridgehead atoms. The van der Waals surface area contributed by atoms with E-state index < -0.39 is 12.2 Å². The minimum absolute atomic E-state index is 0.342. The molecule has 5 rings (SSSR count). The molecule has 2 atom stereocenters. The normalized spacial score (nSPS) is 21.5. The lowest BCUT2D eigenvalue weighted by molar-refractivity contribution is -0.0588. The van der Waals surface area contributed by atoms with Crippen molar-refractivity contribution in [2.24, 2.45) is 0 Å². The second-order valence-electron chi connectivity index (χ2n) is 8.83. The fourth-order valence-electron chi connectivity index (χ4n) is 4.96. The highest BCUT2D eigenvalue weighted by Crippen LogP contribution is 2.45. The van der Waals surface area contributed by atoms with Crippen molar-refractivity contribution in [3.05, 3.63) is 71.8 Å². The maximum absolute atomic E-state index is 10.8. The van der Waals surface area contributed by atoms with Gasteiger partial charge in [0, 0.05) is 31.6 Å². The van der Waals surface area contributed by atoms with Crippen molar-refractivity contribution in [3.8, 4) is 11.5 Å². The number of rotatable bonds is 4. The zero-order valence-electron chi connectivity index (χ0n) is 17.8. The van der Waals surface area contributed by atoms with E-state index in [1.54, 1.807) is 7.11 Å². The molecule has 31 heavy (non-hydrogen) atoms. The van der Waals surface area contributed by atoms with Crippen molar-refractivity contribution in [2.45, 2.75) is 37.1 Å². The number of methoxy groups -OCH3 is 1. The van der Waals surface area contributed by atoms with E-state index in [0.29, 0.717) is 13.0 Å². The molecule has 0 amide bonds. The summed E-state index contributed by atoms with van der Waals surface area (Å²) in [4.78, 5) is 2.30. The Morgan fingerprint density at radius 3 is 2.61 bits per heavy atom. The zero-order valence-corrected chi connectivity index (χ0v) is 17.8. The first kappa shape index (κ1) is 20.3. The average molecular weight is 420 g/mol. The highest BCUT2D eigenvalue weighted by molar-refractivity contribution is 5.83. The molecule has 2 N–H and O–H groups in total. The van der Waals surface area contributed by atoms with Crippen molar-refractivity contribution >= 4 is 10.8 Å². The monoisotopic (exact) mass is 419 g/mol. The second kappa shape index (κ2) is 8.15. The third-order valence-corrected chi connectivity index (χ3v) is 6.82. The van der Waals surface area contributed by atoms with Gasteiger partial charge in [0.25, 0.3) is 0 Å². The van der Waals surface area contributed by atoms with Gasteiger partial charge in [-0.05, 0) is 53.4 Å². The maximum Gasteiger partial charge on any atom is 0.126 e. The van der Waals surface area contributed by atoms with Crippen LogP contribution in [-0.4, -0.2) is 47.5 Å². The van der Waals surface area contributed by atoms with Crippen LogP contribution in [0.1, 0.15) is 42.6 Å². The van der Waals surface area contributed by atoms with E-state index in [4.69, 9.17) is 9.47 Å². The highest BCUT2D eigenvalue weighted by Gasteiger charge is 2.43. The number of β-amino-alcohol motifs (C(OH)–C–C–N with tert-alkyl or cyclic N) is 1. The van der Waals surface area contributed by atoms with Gasteiger partial charge in [0.1, 0.15) is 17.1 Å². The van der Waals surface area contributed by atoms with E-state index in [1.807, 2.05) is 36.4 Å². The molecule has 3 aromatic rings. The second-order valence-corrected chi connectivity index (χ2v) is 8.83. The van der Waals surface area contributed by atoms with Gasteiger partial charge in [-0.25, -0.2) is 0 Å². The predicted molar refractivity (Wildman–Crippen MR) is 121 cm³/mol. The van der Waals surface area contributed by atoms with E-state index >= 15 is 0 Å². The molecule has 1 fully saturated rings. The first-order valence-corrected chi connectivity index (χ1v) is 11.0. The third kappa shape index (κ3) is 4.01. The Morgan fingerprint density at radius 1 is 1.06 bits per heavy atom. The van der Waals surface area contributed by atoms with Crippen LogP contribution in [0.15, 0.2) is 60.7 Å². The van der Waals surface area contributed by atoms with Crippen LogP contribution < -0.4 is 9.47 Å². The fourth-order valence-corrected chi connectivity index (χ4v) is 4.96. The van der Waals surface area contributed by atoms with Gasteiger partial charge >= 0.3 is 0 Å². The summed E-state index contributed by atoms with van der Waals surface area (Å²) in [5.41, 5.74) is 1.41. The molecule has 1 saturated heterocycles. The predicted octanol–water partition coefficient (Wildman–Crippen LogP) is 4.23. The molecule has 5 heteroatoms. The number of ether oxygens (including phenoxy) is 2. The van der Waals surface area contributed by atoms with Crippen molar-refractivity contribution in [2.75, 3.05) is 26.7 Å². The summed E-state index contributed by atoms with van der Waals surface area (Å²) in [6.07, 6.45) is 1.19. The number of hydrogen-bond acceptors (Lipinski definition) is 5. The number of fused-ring (bicyclic) bond motifs is 2. The average Bonchev–Trinajstić information content (AvgIpc) is 2.80. The van der Waals surface area contributed by atoms with Crippen LogP contribution >= 0.6 is 0 Å². The Hall–Kier alpha value is -2.60. The van der Waals surface area contributed by atoms with Crippen LogP contribution in [0.3, 0.4) is 0 Å². The van der Waals surface area contributed by atoms with Crippen LogP contribution in [0, 0.1) is 0 Å². The number of hydrogen-bond donors (Lipinski definition) is 2. The van der Waals surface area contributed by atoms with E-state index in [-0.39, 0.29) is 5.60 Å². The molecule has 0 saturated carbocycles. The quantitative estimate of drug-likeness (QED) is 0.663. The molecule has 0 unspecified atom stereocenters. The Bertz CT molecular complexity index is 1070. The molecule has 2 aliphatic rings. The molecular weight excluding hydrogens is 390 g/mol. The lowest BCUT2D eigenvalue weighted by Crippen LogP contribution is -2.51. The van der Waals surface area contributed by atoms with Gasteiger partial charge in [-0.3, -0.25) is 0 Å². The van der Waals surface area contributed by atoms with Crippen LogP contribution in [0.4, 0.5) is 0 Å². The maximum atomic E-state index is 10.8. The van der Waals surface area contributed by atoms with Crippen LogP contribution in [-0.2, 0) is 0 Å². The van der Waals surface area contributed by atoms with Crippen molar-refractivity contribution in [1.82, 2.24) is 4.90 Å². The molecular formula is C26H29NO4. The summed E-state index contributed by atoms with van der Waals surface area (Å²) in [5.74, 6) is 1.49. The van der Waals surface area contributed by atoms with Gasteiger partial charge in [0.15, 0.2) is 0 Å². The third-order valence-electron chi connectivity index (χ3n) is 6.82. The summed E-state index contributed by atoms with van der Waals surface area (Å²) in [7, 11) is 1.63. The van der Waals surface area contributed by atoms with E-state index in [0.717, 1.165) is 53.9 Å². The first-order valence-electron chi connectivity index (χ1n) is 11.0. The molecule has 0 aromatic heterocycles. The number of benzene rings is 3. The number of nitrogens with zero attached hydrogens (tertiary/aromatic N) is 1. The molecule has 1 spiro atoms. The topological polar surface area (TPSA) is 62.2 Å². The molecule has 2 aliphatic heterocycles. The van der Waals surface area contributed by atoms with Gasteiger partial charge in [-0.2, -0.15) is 0 Å². The zero-order chi connectivity index (χ0) is 21.4. The van der Waals surface area contributed by atoms with Gasteiger partial charge < -0.3 is 24.6 Å². The summed E-state index contributed by atoms with van der Waals surface area (Å²) >= 11 is 0. The molecule has 3 aromatic carbocycles. The summed E-state index contributed by atoms with van der Waals surface area (Å²) in [5, 5.41) is 23.9. The van der Waals surface area contributed by atoms with E-state index in [9.17, 15) is 10.2 Å². The van der Waals surface area contributed by atoms with E-state index in [1.165, 1.54) is 5.39 Å². The smallest absolute Gasteiger partial charge is 0.126 e. The number of piperidine rings is 1. The van der Waals surface area contributed by atoms with Gasteiger partial charge in [-0.15, -0.1) is 0 Å². The van der Waals surface area contributed by atoms with Crippen LogP contribution in [0.25, 0.3) is 10.8 Å². The van der Waals surface area contributed by atoms with Crippen LogP contribution in [0.2, 0.25) is 0 Å². The van der Waals surface area contributed by atoms with E-state index in [2.05, 4.69) is 29.2 Å². The Labute approximate surface area is 182 Å². The summed E-state index contributed by atoms with van der Waals surface area (Å²) in [6.45, 7) is 2.27. The number of likely N-dealkylation sites (tertiary alicyclic amines) is 1. The largest absolute Gasteiger partial charge is 0.497 e. The van der Waals surface area contributed by atoms with Gasteiger partial charge in [0.05, 0.1) is 19.3 Å². The Kier molecular flexibility index (Phi) is 5.34. The molecule has 162 valence electrons. The lowest BCUT2D eigenvalue weighted by atomic mass is 9.81. The standard InChI is InChI=1S/C26H29NO4/c1-30-21-8-9-25-22(15-21)23(28)16-26(31-25)10-12-27(13-11-26)17-24(29)20-7-6-18-4-2-3-5-19(18)14-20/h2-9,14-15,23-24,28-29H,10-13,16-17H2,1H3/t23-,24-/m1/s1. The summed E-state index contributed by atoms with van der Waals surface area (Å²) in [6, 6.07) is 20.0. The Balaban J connectivity index is 1.23. The fraction of sp³-hybridized carbons (Fsp3) is 0.385. The molecule has 5 nitrogen and oxygen atoms in total. The van der Waals surface area contributed by atoms with Crippen molar-refractivity contribution in [3.63, 3.8) is 0 Å². The first-order chi connectivity index (χ1) is 15.0. The lowest BCUT2D eigenvalue weighted by Gasteiger charge is -2.46. The van der Waals surface area contributed by atoms with Gasteiger partial charge in [-0.1, -0.05) is 36.4 Å².